The summed E-state index contributed by atoms with van der Waals surface area (Å²) in [5.41, 5.74) is 5.21. The molecule has 1 aromatic carbocycles. The number of aryl methyl sites for hydroxylation is 2. The van der Waals surface area contributed by atoms with Crippen molar-refractivity contribution in [2.75, 3.05) is 26.2 Å². The summed E-state index contributed by atoms with van der Waals surface area (Å²) in [6.45, 7) is 6.90. The minimum atomic E-state index is 0.460. The highest BCUT2D eigenvalue weighted by atomic mass is 15.2. The summed E-state index contributed by atoms with van der Waals surface area (Å²) < 4.78 is 2.51. The van der Waals surface area contributed by atoms with Gasteiger partial charge in [0.15, 0.2) is 0 Å². The number of hydrogen-bond donors (Lipinski definition) is 0. The standard InChI is InChI=1S/C27H35N5/c1-4-15-30(16-5-1)17-7-18-32-24-10-3-2-9-23(24)29-25(32)20-31-19-13-22-12-11-21-8-6-14-28-26(21)27(22)31/h2-3,6,8-10,14,22,27H,1,4-5,7,11-13,15-20H2/t22?,27-/m0/s1. The molecule has 32 heavy (non-hydrogen) atoms. The Balaban J connectivity index is 1.24. The van der Waals surface area contributed by atoms with Gasteiger partial charge in [0.1, 0.15) is 5.82 Å². The number of aromatic nitrogens is 3. The van der Waals surface area contributed by atoms with Gasteiger partial charge in [-0.25, -0.2) is 4.98 Å². The molecule has 0 spiro atoms. The van der Waals surface area contributed by atoms with Crippen molar-refractivity contribution < 1.29 is 0 Å². The summed E-state index contributed by atoms with van der Waals surface area (Å²) in [4.78, 5) is 15.3. The van der Waals surface area contributed by atoms with Crippen molar-refractivity contribution in [2.24, 2.45) is 5.92 Å². The molecule has 2 saturated heterocycles. The molecule has 0 radical (unpaired) electrons. The minimum Gasteiger partial charge on any atom is -0.327 e. The van der Waals surface area contributed by atoms with Gasteiger partial charge < -0.3 is 9.47 Å². The van der Waals surface area contributed by atoms with E-state index >= 15 is 0 Å². The van der Waals surface area contributed by atoms with Crippen molar-refractivity contribution >= 4 is 11.0 Å². The quantitative estimate of drug-likeness (QED) is 0.563. The van der Waals surface area contributed by atoms with Crippen LogP contribution in [0.15, 0.2) is 42.6 Å². The molecule has 5 nitrogen and oxygen atoms in total. The largest absolute Gasteiger partial charge is 0.327 e. The van der Waals surface area contributed by atoms with Crippen LogP contribution in [0.1, 0.15) is 61.6 Å². The van der Waals surface area contributed by atoms with E-state index in [-0.39, 0.29) is 0 Å². The van der Waals surface area contributed by atoms with Crippen molar-refractivity contribution in [1.82, 2.24) is 24.3 Å². The average Bonchev–Trinajstić information content (AvgIpc) is 3.41. The molecule has 2 aliphatic heterocycles. The summed E-state index contributed by atoms with van der Waals surface area (Å²) in [6.07, 6.45) is 11.1. The van der Waals surface area contributed by atoms with Crippen LogP contribution in [0.4, 0.5) is 0 Å². The zero-order valence-corrected chi connectivity index (χ0v) is 19.1. The predicted octanol–water partition coefficient (Wildman–Crippen LogP) is 4.82. The van der Waals surface area contributed by atoms with Crippen LogP contribution < -0.4 is 0 Å². The van der Waals surface area contributed by atoms with Crippen LogP contribution in [0, 0.1) is 5.92 Å². The van der Waals surface area contributed by atoms with Crippen molar-refractivity contribution in [3.05, 3.63) is 59.7 Å². The zero-order chi connectivity index (χ0) is 21.3. The van der Waals surface area contributed by atoms with Crippen LogP contribution in [-0.4, -0.2) is 50.5 Å². The third-order valence-electron chi connectivity index (χ3n) is 8.00. The van der Waals surface area contributed by atoms with Crippen LogP contribution in [0.25, 0.3) is 11.0 Å². The van der Waals surface area contributed by atoms with E-state index in [0.717, 1.165) is 31.1 Å². The summed E-state index contributed by atoms with van der Waals surface area (Å²) in [7, 11) is 0. The lowest BCUT2D eigenvalue weighted by molar-refractivity contribution is 0.194. The van der Waals surface area contributed by atoms with Gasteiger partial charge in [0.2, 0.25) is 0 Å². The Kier molecular flexibility index (Phi) is 5.70. The van der Waals surface area contributed by atoms with Gasteiger partial charge in [0.05, 0.1) is 29.3 Å². The third-order valence-corrected chi connectivity index (χ3v) is 8.00. The molecule has 2 atom stereocenters. The molecule has 3 aliphatic rings. The summed E-state index contributed by atoms with van der Waals surface area (Å²) >= 11 is 0. The monoisotopic (exact) mass is 429 g/mol. The number of benzene rings is 1. The van der Waals surface area contributed by atoms with E-state index in [1.165, 1.54) is 87.2 Å². The fourth-order valence-corrected chi connectivity index (χ4v) is 6.38. The van der Waals surface area contributed by atoms with Gasteiger partial charge in [-0.05, 0) is 94.4 Å². The van der Waals surface area contributed by atoms with Crippen molar-refractivity contribution in [1.29, 1.82) is 0 Å². The topological polar surface area (TPSA) is 37.2 Å². The first-order chi connectivity index (χ1) is 15.9. The number of para-hydroxylation sites is 2. The second-order valence-electron chi connectivity index (χ2n) is 9.97. The second-order valence-corrected chi connectivity index (χ2v) is 9.97. The van der Waals surface area contributed by atoms with Crippen LogP contribution >= 0.6 is 0 Å². The van der Waals surface area contributed by atoms with Crippen molar-refractivity contribution in [3.63, 3.8) is 0 Å². The Labute approximate surface area is 191 Å². The smallest absolute Gasteiger partial charge is 0.124 e. The first kappa shape index (κ1) is 20.4. The maximum absolute atomic E-state index is 5.12. The average molecular weight is 430 g/mol. The van der Waals surface area contributed by atoms with Gasteiger partial charge >= 0.3 is 0 Å². The molecule has 1 aliphatic carbocycles. The zero-order valence-electron chi connectivity index (χ0n) is 19.1. The fraction of sp³-hybridized carbons (Fsp3) is 0.556. The molecule has 168 valence electrons. The number of piperidine rings is 1. The number of rotatable bonds is 6. The van der Waals surface area contributed by atoms with E-state index < -0.39 is 0 Å². The Bertz CT molecular complexity index is 1070. The molecule has 5 heteroatoms. The molecule has 2 aromatic heterocycles. The lowest BCUT2D eigenvalue weighted by Gasteiger charge is -2.32. The molecular formula is C27H35N5. The van der Waals surface area contributed by atoms with E-state index in [0.29, 0.717) is 6.04 Å². The minimum absolute atomic E-state index is 0.460. The first-order valence-corrected chi connectivity index (χ1v) is 12.7. The molecule has 2 fully saturated rings. The highest BCUT2D eigenvalue weighted by Gasteiger charge is 2.40. The molecule has 0 amide bonds. The van der Waals surface area contributed by atoms with Gasteiger partial charge in [0, 0.05) is 12.7 Å². The number of likely N-dealkylation sites (tertiary alicyclic amines) is 2. The SMILES string of the molecule is c1cnc2c(c1)CCC1CCN(Cc3nc4ccccc4n3CCCN3CCCCC3)[C@H]21. The van der Waals surface area contributed by atoms with Gasteiger partial charge in [-0.3, -0.25) is 9.88 Å². The Hall–Kier alpha value is -2.24. The molecule has 0 N–H and O–H groups in total. The Morgan fingerprint density at radius 2 is 1.81 bits per heavy atom. The second kappa shape index (κ2) is 8.95. The maximum atomic E-state index is 5.12. The molecular weight excluding hydrogens is 394 g/mol. The molecule has 0 saturated carbocycles. The van der Waals surface area contributed by atoms with E-state index in [2.05, 4.69) is 50.8 Å². The van der Waals surface area contributed by atoms with E-state index in [4.69, 9.17) is 9.97 Å². The van der Waals surface area contributed by atoms with Crippen LogP contribution in [0.2, 0.25) is 0 Å². The van der Waals surface area contributed by atoms with E-state index in [1.54, 1.807) is 0 Å². The normalized spacial score (nSPS) is 24.0. The summed E-state index contributed by atoms with van der Waals surface area (Å²) in [6, 6.07) is 13.5. The third kappa shape index (κ3) is 3.86. The fourth-order valence-electron chi connectivity index (χ4n) is 6.38. The van der Waals surface area contributed by atoms with Gasteiger partial charge in [0.25, 0.3) is 0 Å². The number of imidazole rings is 1. The van der Waals surface area contributed by atoms with Crippen molar-refractivity contribution in [3.8, 4) is 0 Å². The van der Waals surface area contributed by atoms with Crippen molar-refractivity contribution in [2.45, 2.75) is 64.1 Å². The van der Waals surface area contributed by atoms with Crippen LogP contribution in [0.5, 0.6) is 0 Å². The van der Waals surface area contributed by atoms with Gasteiger partial charge in [-0.1, -0.05) is 24.6 Å². The predicted molar refractivity (Wildman–Crippen MR) is 128 cm³/mol. The lowest BCUT2D eigenvalue weighted by atomic mass is 9.83. The summed E-state index contributed by atoms with van der Waals surface area (Å²) in [5.74, 6) is 1.97. The Morgan fingerprint density at radius 1 is 0.906 bits per heavy atom. The van der Waals surface area contributed by atoms with Crippen LogP contribution in [-0.2, 0) is 19.5 Å². The molecule has 3 aromatic rings. The number of pyridine rings is 1. The number of hydrogen-bond acceptors (Lipinski definition) is 4. The highest BCUT2D eigenvalue weighted by Crippen LogP contribution is 2.44. The van der Waals surface area contributed by atoms with Crippen LogP contribution in [0.3, 0.4) is 0 Å². The van der Waals surface area contributed by atoms with Gasteiger partial charge in [-0.15, -0.1) is 0 Å². The highest BCUT2D eigenvalue weighted by molar-refractivity contribution is 5.75. The van der Waals surface area contributed by atoms with E-state index in [1.807, 2.05) is 6.20 Å². The number of fused-ring (bicyclic) bond motifs is 4. The van der Waals surface area contributed by atoms with Gasteiger partial charge in [-0.2, -0.15) is 0 Å². The van der Waals surface area contributed by atoms with E-state index in [9.17, 15) is 0 Å². The summed E-state index contributed by atoms with van der Waals surface area (Å²) in [5, 5.41) is 0. The Morgan fingerprint density at radius 3 is 2.75 bits per heavy atom. The lowest BCUT2D eigenvalue weighted by Crippen LogP contribution is -2.32. The molecule has 6 rings (SSSR count). The first-order valence-electron chi connectivity index (χ1n) is 12.7. The maximum Gasteiger partial charge on any atom is 0.124 e. The number of nitrogens with zero attached hydrogens (tertiary/aromatic N) is 5. The molecule has 4 heterocycles. The molecule has 1 unspecified atom stereocenters. The molecule has 0 bridgehead atoms.